The van der Waals surface area contributed by atoms with Gasteiger partial charge in [-0.15, -0.1) is 11.3 Å². The Morgan fingerprint density at radius 2 is 1.80 bits per heavy atom. The summed E-state index contributed by atoms with van der Waals surface area (Å²) in [5.41, 5.74) is 2.48. The van der Waals surface area contributed by atoms with Gasteiger partial charge in [-0.1, -0.05) is 0 Å². The van der Waals surface area contributed by atoms with Crippen molar-refractivity contribution in [3.05, 3.63) is 46.0 Å². The minimum atomic E-state index is -4.84. The number of aromatic nitrogens is 5. The van der Waals surface area contributed by atoms with Crippen LogP contribution in [0.4, 0.5) is 32.0 Å². The number of fused-ring (bicyclic) bond motifs is 1. The molecule has 0 aliphatic rings. The van der Waals surface area contributed by atoms with Crippen molar-refractivity contribution in [2.24, 2.45) is 12.8 Å². The molecule has 0 unspecified atom stereocenters. The van der Waals surface area contributed by atoms with Gasteiger partial charge >= 0.3 is 12.4 Å². The van der Waals surface area contributed by atoms with Crippen molar-refractivity contribution in [2.45, 2.75) is 19.3 Å². The van der Waals surface area contributed by atoms with Gasteiger partial charge in [0.25, 0.3) is 11.8 Å². The summed E-state index contributed by atoms with van der Waals surface area (Å²) >= 11 is 0.495. The first-order valence-electron chi connectivity index (χ1n) is 9.46. The monoisotopic (exact) mass is 517 g/mol. The maximum atomic E-state index is 13.6. The number of pyridine rings is 1. The number of carbonyl (C=O) groups excluding carboxylic acids is 2. The number of nitrogens with zero attached hydrogens (tertiary/aromatic N) is 4. The number of carbonyl (C=O) groups is 2. The lowest BCUT2D eigenvalue weighted by molar-refractivity contribution is -0.141. The molecule has 0 spiro atoms. The average molecular weight is 517 g/mol. The number of nitrogens with two attached hydrogens (primary N) is 1. The zero-order valence-corrected chi connectivity index (χ0v) is 18.4. The first-order chi connectivity index (χ1) is 16.2. The van der Waals surface area contributed by atoms with Crippen molar-refractivity contribution < 1.29 is 35.9 Å². The average Bonchev–Trinajstić information content (AvgIpc) is 3.45. The number of hydrogen-bond acceptors (Lipinski definition) is 6. The second-order valence-electron chi connectivity index (χ2n) is 7.29. The molecular weight excluding hydrogens is 504 g/mol. The van der Waals surface area contributed by atoms with Gasteiger partial charge in [0.15, 0.2) is 5.69 Å². The SMILES string of the molecule is Cc1c(-c2cc(C(F)(F)F)nc3sc(C(N)=O)c(NC(=O)c4cc(C(F)(F)F)[nH]n4)c23)cnn1C. The van der Waals surface area contributed by atoms with Gasteiger partial charge in [-0.3, -0.25) is 19.4 Å². The minimum absolute atomic E-state index is 0.0622. The normalized spacial score (nSPS) is 12.3. The highest BCUT2D eigenvalue weighted by Crippen LogP contribution is 2.44. The first-order valence-corrected chi connectivity index (χ1v) is 10.3. The number of aromatic amines is 1. The third kappa shape index (κ3) is 4.31. The molecule has 9 nitrogen and oxygen atoms in total. The number of primary amides is 1. The van der Waals surface area contributed by atoms with Crippen LogP contribution in [0.1, 0.15) is 37.2 Å². The van der Waals surface area contributed by atoms with E-state index in [0.717, 1.165) is 6.07 Å². The molecule has 0 aliphatic carbocycles. The standard InChI is InChI=1S/C19H13F6N7O2S/c1-6-8(5-27-32(6)2)7-3-10(18(20,21)22)28-17-12(7)13(14(35-17)15(26)33)29-16(34)9-4-11(31-30-9)19(23,24)25/h3-5H,1-2H3,(H2,26,33)(H,29,34)(H,30,31). The van der Waals surface area contributed by atoms with E-state index < -0.39 is 41.2 Å². The van der Waals surface area contributed by atoms with Crippen LogP contribution in [0.15, 0.2) is 18.3 Å². The smallest absolute Gasteiger partial charge is 0.365 e. The predicted octanol–water partition coefficient (Wildman–Crippen LogP) is 4.12. The van der Waals surface area contributed by atoms with Crippen molar-refractivity contribution in [3.63, 3.8) is 0 Å². The molecule has 184 valence electrons. The summed E-state index contributed by atoms with van der Waals surface area (Å²) < 4.78 is 80.7. The molecule has 0 saturated heterocycles. The zero-order valence-electron chi connectivity index (χ0n) is 17.6. The minimum Gasteiger partial charge on any atom is -0.365 e. The molecule has 35 heavy (non-hydrogen) atoms. The molecule has 4 N–H and O–H groups in total. The van der Waals surface area contributed by atoms with E-state index in [1.807, 2.05) is 0 Å². The largest absolute Gasteiger partial charge is 0.433 e. The number of halogens is 6. The van der Waals surface area contributed by atoms with E-state index in [4.69, 9.17) is 5.73 Å². The number of anilines is 1. The van der Waals surface area contributed by atoms with Crippen LogP contribution >= 0.6 is 11.3 Å². The lowest BCUT2D eigenvalue weighted by Crippen LogP contribution is -2.17. The third-order valence-electron chi connectivity index (χ3n) is 5.06. The van der Waals surface area contributed by atoms with Crippen LogP contribution < -0.4 is 11.1 Å². The lowest BCUT2D eigenvalue weighted by Gasteiger charge is -2.12. The van der Waals surface area contributed by atoms with Crippen molar-refractivity contribution in [2.75, 3.05) is 5.32 Å². The van der Waals surface area contributed by atoms with Gasteiger partial charge < -0.3 is 11.1 Å². The summed E-state index contributed by atoms with van der Waals surface area (Å²) in [7, 11) is 1.56. The molecule has 4 aromatic heterocycles. The molecule has 0 bridgehead atoms. The van der Waals surface area contributed by atoms with Gasteiger partial charge in [-0.25, -0.2) is 4.98 Å². The highest BCUT2D eigenvalue weighted by Gasteiger charge is 2.36. The molecule has 0 aliphatic heterocycles. The topological polar surface area (TPSA) is 132 Å². The summed E-state index contributed by atoms with van der Waals surface area (Å²) in [6.45, 7) is 1.59. The van der Waals surface area contributed by atoms with E-state index in [1.54, 1.807) is 19.1 Å². The lowest BCUT2D eigenvalue weighted by atomic mass is 10.0. The van der Waals surface area contributed by atoms with Gasteiger partial charge in [0, 0.05) is 29.8 Å². The fourth-order valence-corrected chi connectivity index (χ4v) is 4.28. The van der Waals surface area contributed by atoms with Crippen LogP contribution in [-0.4, -0.2) is 36.8 Å². The third-order valence-corrected chi connectivity index (χ3v) is 6.15. The molecule has 0 saturated carbocycles. The van der Waals surface area contributed by atoms with Gasteiger partial charge in [0.1, 0.15) is 21.1 Å². The summed E-state index contributed by atoms with van der Waals surface area (Å²) in [5, 5.41) is 11.2. The van der Waals surface area contributed by atoms with Crippen LogP contribution in [0.3, 0.4) is 0 Å². The number of aryl methyl sites for hydroxylation is 1. The van der Waals surface area contributed by atoms with E-state index in [2.05, 4.69) is 20.5 Å². The molecule has 16 heteroatoms. The van der Waals surface area contributed by atoms with Crippen molar-refractivity contribution in [3.8, 4) is 11.1 Å². The first kappa shape index (κ1) is 24.2. The van der Waals surface area contributed by atoms with E-state index in [9.17, 15) is 35.9 Å². The maximum Gasteiger partial charge on any atom is 0.433 e. The predicted molar refractivity (Wildman–Crippen MR) is 112 cm³/mol. The van der Waals surface area contributed by atoms with Gasteiger partial charge in [-0.2, -0.15) is 36.5 Å². The number of H-pyrrole nitrogens is 1. The number of thiophene rings is 1. The Labute approximate surface area is 194 Å². The molecular formula is C19H13F6N7O2S. The van der Waals surface area contributed by atoms with Crippen LogP contribution in [0.2, 0.25) is 0 Å². The van der Waals surface area contributed by atoms with E-state index in [1.165, 1.54) is 10.9 Å². The molecule has 0 atom stereocenters. The Bertz CT molecular complexity index is 1480. The highest BCUT2D eigenvalue weighted by atomic mass is 32.1. The molecule has 4 heterocycles. The molecule has 4 rings (SSSR count). The van der Waals surface area contributed by atoms with Crippen molar-refractivity contribution in [1.29, 1.82) is 0 Å². The highest BCUT2D eigenvalue weighted by molar-refractivity contribution is 7.21. The van der Waals surface area contributed by atoms with E-state index in [0.29, 0.717) is 23.1 Å². The number of rotatable bonds is 4. The fourth-order valence-electron chi connectivity index (χ4n) is 3.27. The van der Waals surface area contributed by atoms with Gasteiger partial charge in [0.05, 0.1) is 11.9 Å². The Kier molecular flexibility index (Phi) is 5.58. The van der Waals surface area contributed by atoms with Crippen LogP contribution in [0.25, 0.3) is 21.3 Å². The summed E-state index contributed by atoms with van der Waals surface area (Å²) in [4.78, 5) is 27.7. The van der Waals surface area contributed by atoms with E-state index in [-0.39, 0.29) is 31.9 Å². The Morgan fingerprint density at radius 1 is 1.11 bits per heavy atom. The fraction of sp³-hybridized carbons (Fsp3) is 0.211. The number of alkyl halides is 6. The van der Waals surface area contributed by atoms with Crippen molar-refractivity contribution >= 4 is 39.1 Å². The second-order valence-corrected chi connectivity index (χ2v) is 8.29. The number of hydrogen-bond donors (Lipinski definition) is 3. The molecule has 0 aromatic carbocycles. The zero-order chi connectivity index (χ0) is 25.9. The van der Waals surface area contributed by atoms with Crippen molar-refractivity contribution in [1.82, 2.24) is 25.0 Å². The summed E-state index contributed by atoms with van der Waals surface area (Å²) in [6, 6.07) is 1.18. The maximum absolute atomic E-state index is 13.6. The second kappa shape index (κ2) is 8.07. The van der Waals surface area contributed by atoms with Crippen LogP contribution in [0.5, 0.6) is 0 Å². The Morgan fingerprint density at radius 3 is 2.31 bits per heavy atom. The number of amides is 2. The van der Waals surface area contributed by atoms with Crippen LogP contribution in [-0.2, 0) is 19.4 Å². The van der Waals surface area contributed by atoms with E-state index >= 15 is 0 Å². The Balaban J connectivity index is 1.95. The van der Waals surface area contributed by atoms with Crippen LogP contribution in [0, 0.1) is 6.92 Å². The van der Waals surface area contributed by atoms with Gasteiger partial charge in [0.2, 0.25) is 0 Å². The molecule has 2 amide bonds. The Hall–Kier alpha value is -3.95. The molecule has 0 fully saturated rings. The van der Waals surface area contributed by atoms with Gasteiger partial charge in [-0.05, 0) is 18.6 Å². The summed E-state index contributed by atoms with van der Waals surface area (Å²) in [5.74, 6) is -2.25. The quantitative estimate of drug-likeness (QED) is 0.351. The number of nitrogens with one attached hydrogen (secondary N) is 2. The summed E-state index contributed by atoms with van der Waals surface area (Å²) in [6.07, 6.45) is -8.36. The molecule has 0 radical (unpaired) electrons. The molecule has 4 aromatic rings.